The van der Waals surface area contributed by atoms with Crippen LogP contribution < -0.4 is 0 Å². The van der Waals surface area contributed by atoms with Crippen LogP contribution in [0, 0.1) is 0 Å². The quantitative estimate of drug-likeness (QED) is 0.830. The number of rotatable bonds is 4. The Kier molecular flexibility index (Phi) is 3.77. The zero-order valence-electron chi connectivity index (χ0n) is 8.09. The van der Waals surface area contributed by atoms with E-state index in [4.69, 9.17) is 5.11 Å². The molecule has 0 amide bonds. The van der Waals surface area contributed by atoms with Crippen LogP contribution in [0.1, 0.15) is 11.1 Å². The van der Waals surface area contributed by atoms with Crippen molar-refractivity contribution < 1.29 is 5.11 Å². The second kappa shape index (κ2) is 5.30. The molecule has 2 aromatic rings. The van der Waals surface area contributed by atoms with Crippen molar-refractivity contribution >= 4 is 23.1 Å². The first-order valence-electron chi connectivity index (χ1n) is 4.59. The van der Waals surface area contributed by atoms with E-state index in [0.717, 1.165) is 15.7 Å². The van der Waals surface area contributed by atoms with Crippen molar-refractivity contribution in [3.8, 4) is 0 Å². The lowest BCUT2D eigenvalue weighted by atomic mass is 10.2. The van der Waals surface area contributed by atoms with Gasteiger partial charge in [-0.05, 0) is 11.1 Å². The summed E-state index contributed by atoms with van der Waals surface area (Å²) in [6.07, 6.45) is 1.82. The molecule has 0 spiro atoms. The summed E-state index contributed by atoms with van der Waals surface area (Å²) >= 11 is 3.40. The maximum atomic E-state index is 8.90. The normalized spacial score (nSPS) is 10.5. The van der Waals surface area contributed by atoms with Gasteiger partial charge in [0.15, 0.2) is 0 Å². The standard InChI is InChI=1S/C11H11NOS2/c13-7-9-1-3-10(4-2-9)8-15-11-12-5-6-14-11/h1-6,13H,7-8H2. The predicted octanol–water partition coefficient (Wildman–Crippen LogP) is 2.93. The lowest BCUT2D eigenvalue weighted by molar-refractivity contribution is 0.282. The van der Waals surface area contributed by atoms with Gasteiger partial charge < -0.3 is 5.11 Å². The van der Waals surface area contributed by atoms with Gasteiger partial charge in [-0.3, -0.25) is 0 Å². The summed E-state index contributed by atoms with van der Waals surface area (Å²) in [4.78, 5) is 4.21. The van der Waals surface area contributed by atoms with Crippen LogP contribution in [-0.2, 0) is 12.4 Å². The molecule has 15 heavy (non-hydrogen) atoms. The van der Waals surface area contributed by atoms with Crippen molar-refractivity contribution in [2.24, 2.45) is 0 Å². The SMILES string of the molecule is OCc1ccc(CSc2nccs2)cc1. The molecule has 0 aliphatic rings. The highest BCUT2D eigenvalue weighted by Crippen LogP contribution is 2.24. The summed E-state index contributed by atoms with van der Waals surface area (Å²) < 4.78 is 1.10. The van der Waals surface area contributed by atoms with E-state index in [1.807, 2.05) is 35.8 Å². The van der Waals surface area contributed by atoms with Gasteiger partial charge in [-0.2, -0.15) is 0 Å². The highest BCUT2D eigenvalue weighted by atomic mass is 32.2. The maximum absolute atomic E-state index is 8.90. The van der Waals surface area contributed by atoms with Crippen molar-refractivity contribution in [2.75, 3.05) is 0 Å². The molecule has 0 fully saturated rings. The summed E-state index contributed by atoms with van der Waals surface area (Å²) in [5, 5.41) is 10.9. The Morgan fingerprint density at radius 1 is 1.20 bits per heavy atom. The molecule has 1 heterocycles. The molecule has 0 saturated carbocycles. The zero-order chi connectivity index (χ0) is 10.5. The predicted molar refractivity (Wildman–Crippen MR) is 64.0 cm³/mol. The third kappa shape index (κ3) is 3.06. The van der Waals surface area contributed by atoms with Gasteiger partial charge in [0.2, 0.25) is 0 Å². The average Bonchev–Trinajstić information content (AvgIpc) is 2.80. The van der Waals surface area contributed by atoms with Crippen molar-refractivity contribution in [3.63, 3.8) is 0 Å². The Hall–Kier alpha value is -0.840. The molecule has 0 aliphatic carbocycles. The summed E-state index contributed by atoms with van der Waals surface area (Å²) in [5.41, 5.74) is 2.21. The van der Waals surface area contributed by atoms with Gasteiger partial charge in [0.25, 0.3) is 0 Å². The molecule has 0 radical (unpaired) electrons. The number of nitrogens with zero attached hydrogens (tertiary/aromatic N) is 1. The molecule has 0 bridgehead atoms. The fourth-order valence-electron chi connectivity index (χ4n) is 1.17. The first-order chi connectivity index (χ1) is 7.38. The van der Waals surface area contributed by atoms with Crippen molar-refractivity contribution in [2.45, 2.75) is 16.7 Å². The monoisotopic (exact) mass is 237 g/mol. The third-order valence-corrected chi connectivity index (χ3v) is 4.01. The highest BCUT2D eigenvalue weighted by Gasteiger charge is 1.98. The van der Waals surface area contributed by atoms with Gasteiger partial charge in [-0.25, -0.2) is 4.98 Å². The Labute approximate surface area is 97.0 Å². The molecule has 1 N–H and O–H groups in total. The number of hydrogen-bond donors (Lipinski definition) is 1. The van der Waals surface area contributed by atoms with Crippen LogP contribution in [0.3, 0.4) is 0 Å². The van der Waals surface area contributed by atoms with E-state index in [-0.39, 0.29) is 6.61 Å². The van der Waals surface area contributed by atoms with Crippen LogP contribution in [0.2, 0.25) is 0 Å². The number of aliphatic hydroxyl groups excluding tert-OH is 1. The van der Waals surface area contributed by atoms with E-state index in [2.05, 4.69) is 4.98 Å². The van der Waals surface area contributed by atoms with Crippen molar-refractivity contribution in [3.05, 3.63) is 47.0 Å². The molecule has 2 rings (SSSR count). The van der Waals surface area contributed by atoms with Crippen LogP contribution in [0.15, 0.2) is 40.2 Å². The Bertz CT molecular complexity index is 397. The molecule has 78 valence electrons. The fourth-order valence-corrected chi connectivity index (χ4v) is 2.76. The topological polar surface area (TPSA) is 33.1 Å². The lowest BCUT2D eigenvalue weighted by Gasteiger charge is -2.00. The minimum absolute atomic E-state index is 0.111. The van der Waals surface area contributed by atoms with Crippen LogP contribution in [0.5, 0.6) is 0 Å². The molecule has 0 atom stereocenters. The maximum Gasteiger partial charge on any atom is 0.150 e. The molecule has 0 aliphatic heterocycles. The Morgan fingerprint density at radius 3 is 2.53 bits per heavy atom. The summed E-state index contributed by atoms with van der Waals surface area (Å²) in [7, 11) is 0. The lowest BCUT2D eigenvalue weighted by Crippen LogP contribution is -1.84. The number of thioether (sulfide) groups is 1. The minimum atomic E-state index is 0.111. The zero-order valence-corrected chi connectivity index (χ0v) is 9.72. The van der Waals surface area contributed by atoms with E-state index in [1.165, 1.54) is 5.56 Å². The molecular formula is C11H11NOS2. The smallest absolute Gasteiger partial charge is 0.150 e. The minimum Gasteiger partial charge on any atom is -0.392 e. The number of aliphatic hydroxyl groups is 1. The summed E-state index contributed by atoms with van der Waals surface area (Å²) in [6, 6.07) is 8.01. The van der Waals surface area contributed by atoms with Crippen molar-refractivity contribution in [1.29, 1.82) is 0 Å². The van der Waals surface area contributed by atoms with Gasteiger partial charge in [0.1, 0.15) is 4.34 Å². The van der Waals surface area contributed by atoms with Gasteiger partial charge in [0.05, 0.1) is 6.61 Å². The third-order valence-electron chi connectivity index (χ3n) is 1.98. The first-order valence-corrected chi connectivity index (χ1v) is 6.46. The second-order valence-electron chi connectivity index (χ2n) is 3.06. The molecule has 0 saturated heterocycles. The highest BCUT2D eigenvalue weighted by molar-refractivity contribution is 8.00. The van der Waals surface area contributed by atoms with E-state index in [1.54, 1.807) is 23.1 Å². The Morgan fingerprint density at radius 2 is 1.93 bits per heavy atom. The molecule has 0 unspecified atom stereocenters. The van der Waals surface area contributed by atoms with Gasteiger partial charge >= 0.3 is 0 Å². The largest absolute Gasteiger partial charge is 0.392 e. The van der Waals surface area contributed by atoms with Crippen LogP contribution in [-0.4, -0.2) is 10.1 Å². The molecule has 4 heteroatoms. The number of benzene rings is 1. The fraction of sp³-hybridized carbons (Fsp3) is 0.182. The number of thiazole rings is 1. The first kappa shape index (κ1) is 10.7. The van der Waals surface area contributed by atoms with E-state index in [9.17, 15) is 0 Å². The van der Waals surface area contributed by atoms with Crippen LogP contribution >= 0.6 is 23.1 Å². The number of hydrogen-bond acceptors (Lipinski definition) is 4. The van der Waals surface area contributed by atoms with Crippen LogP contribution in [0.25, 0.3) is 0 Å². The molecule has 2 nitrogen and oxygen atoms in total. The molecule has 1 aromatic heterocycles. The van der Waals surface area contributed by atoms with Gasteiger partial charge in [0, 0.05) is 17.3 Å². The molecular weight excluding hydrogens is 226 g/mol. The number of aromatic nitrogens is 1. The van der Waals surface area contributed by atoms with Crippen LogP contribution in [0.4, 0.5) is 0 Å². The van der Waals surface area contributed by atoms with Gasteiger partial charge in [-0.15, -0.1) is 11.3 Å². The average molecular weight is 237 g/mol. The summed E-state index contributed by atoms with van der Waals surface area (Å²) in [6.45, 7) is 0.111. The van der Waals surface area contributed by atoms with E-state index in [0.29, 0.717) is 0 Å². The van der Waals surface area contributed by atoms with Crippen molar-refractivity contribution in [1.82, 2.24) is 4.98 Å². The van der Waals surface area contributed by atoms with E-state index < -0.39 is 0 Å². The van der Waals surface area contributed by atoms with E-state index >= 15 is 0 Å². The molecule has 1 aromatic carbocycles. The Balaban J connectivity index is 1.93. The van der Waals surface area contributed by atoms with Gasteiger partial charge in [-0.1, -0.05) is 36.0 Å². The second-order valence-corrected chi connectivity index (χ2v) is 5.18. The summed E-state index contributed by atoms with van der Waals surface area (Å²) in [5.74, 6) is 0.930.